The lowest BCUT2D eigenvalue weighted by molar-refractivity contribution is 0.340. The van der Waals surface area contributed by atoms with Gasteiger partial charge < -0.3 is 4.74 Å². The maximum Gasteiger partial charge on any atom is 0.136 e. The second kappa shape index (κ2) is 6.02. The third-order valence-corrected chi connectivity index (χ3v) is 3.20. The van der Waals surface area contributed by atoms with Gasteiger partial charge in [0.25, 0.3) is 0 Å². The van der Waals surface area contributed by atoms with E-state index in [0.717, 1.165) is 23.4 Å². The van der Waals surface area contributed by atoms with Gasteiger partial charge in [-0.3, -0.25) is 0 Å². The zero-order chi connectivity index (χ0) is 13.8. The first-order chi connectivity index (χ1) is 9.10. The third-order valence-electron chi connectivity index (χ3n) is 2.89. The largest absolute Gasteiger partial charge is 0.494 e. The molecule has 0 aliphatic carbocycles. The quantitative estimate of drug-likeness (QED) is 0.798. The fourth-order valence-corrected chi connectivity index (χ4v) is 2.30. The van der Waals surface area contributed by atoms with Gasteiger partial charge in [-0.15, -0.1) is 0 Å². The van der Waals surface area contributed by atoms with Crippen LogP contribution in [0.1, 0.15) is 29.6 Å². The number of hydrogen-bond acceptors (Lipinski definition) is 3. The van der Waals surface area contributed by atoms with Crippen LogP contribution >= 0.6 is 11.6 Å². The van der Waals surface area contributed by atoms with Gasteiger partial charge in [0.05, 0.1) is 6.61 Å². The van der Waals surface area contributed by atoms with E-state index >= 15 is 0 Å². The van der Waals surface area contributed by atoms with Crippen LogP contribution in [0.2, 0.25) is 5.15 Å². The van der Waals surface area contributed by atoms with Crippen molar-refractivity contribution < 1.29 is 4.74 Å². The molecular weight excluding hydrogens is 260 g/mol. The van der Waals surface area contributed by atoms with Crippen LogP contribution in [0, 0.1) is 13.8 Å². The Kier molecular flexibility index (Phi) is 4.38. The highest BCUT2D eigenvalue weighted by Crippen LogP contribution is 2.21. The standard InChI is InChI=1S/C15H17ClN2O/c1-4-19-13-7-5-12(6-8-13)9-14-10(2)17-11(3)18-15(14)16/h5-8H,4,9H2,1-3H3. The summed E-state index contributed by atoms with van der Waals surface area (Å²) < 4.78 is 5.42. The Morgan fingerprint density at radius 3 is 2.37 bits per heavy atom. The molecule has 3 nitrogen and oxygen atoms in total. The van der Waals surface area contributed by atoms with E-state index in [1.807, 2.05) is 45.0 Å². The minimum Gasteiger partial charge on any atom is -0.494 e. The van der Waals surface area contributed by atoms with E-state index < -0.39 is 0 Å². The maximum absolute atomic E-state index is 6.19. The molecule has 0 amide bonds. The van der Waals surface area contributed by atoms with Crippen molar-refractivity contribution in [3.8, 4) is 5.75 Å². The van der Waals surface area contributed by atoms with Gasteiger partial charge in [-0.25, -0.2) is 9.97 Å². The van der Waals surface area contributed by atoms with E-state index in [1.165, 1.54) is 5.56 Å². The average Bonchev–Trinajstić information content (AvgIpc) is 2.36. The van der Waals surface area contributed by atoms with Crippen molar-refractivity contribution in [3.63, 3.8) is 0 Å². The van der Waals surface area contributed by atoms with Crippen molar-refractivity contribution >= 4 is 11.6 Å². The Morgan fingerprint density at radius 1 is 1.11 bits per heavy atom. The van der Waals surface area contributed by atoms with Crippen LogP contribution in [0.25, 0.3) is 0 Å². The van der Waals surface area contributed by atoms with Crippen LogP contribution in [0.4, 0.5) is 0 Å². The molecule has 2 aromatic rings. The van der Waals surface area contributed by atoms with Gasteiger partial charge in [-0.05, 0) is 38.5 Å². The molecule has 19 heavy (non-hydrogen) atoms. The summed E-state index contributed by atoms with van der Waals surface area (Å²) in [4.78, 5) is 8.56. The Hall–Kier alpha value is -1.61. The van der Waals surface area contributed by atoms with Crippen LogP contribution in [0.15, 0.2) is 24.3 Å². The Labute approximate surface area is 118 Å². The van der Waals surface area contributed by atoms with Gasteiger partial charge in [0, 0.05) is 17.7 Å². The first kappa shape index (κ1) is 13.8. The molecule has 0 spiro atoms. The maximum atomic E-state index is 6.19. The molecule has 0 N–H and O–H groups in total. The van der Waals surface area contributed by atoms with Gasteiger partial charge in [0.1, 0.15) is 16.7 Å². The Morgan fingerprint density at radius 2 is 1.79 bits per heavy atom. The summed E-state index contributed by atoms with van der Waals surface area (Å²) in [7, 11) is 0. The van der Waals surface area contributed by atoms with Gasteiger partial charge >= 0.3 is 0 Å². The van der Waals surface area contributed by atoms with E-state index in [0.29, 0.717) is 17.6 Å². The molecule has 4 heteroatoms. The first-order valence-corrected chi connectivity index (χ1v) is 6.69. The summed E-state index contributed by atoms with van der Waals surface area (Å²) in [5.41, 5.74) is 3.09. The van der Waals surface area contributed by atoms with Crippen LogP contribution in [0.5, 0.6) is 5.75 Å². The van der Waals surface area contributed by atoms with E-state index in [4.69, 9.17) is 16.3 Å². The van der Waals surface area contributed by atoms with Crippen molar-refractivity contribution in [1.82, 2.24) is 9.97 Å². The summed E-state index contributed by atoms with van der Waals surface area (Å²) in [5, 5.41) is 0.541. The lowest BCUT2D eigenvalue weighted by Crippen LogP contribution is -2.01. The molecule has 0 unspecified atom stereocenters. The van der Waals surface area contributed by atoms with Crippen molar-refractivity contribution in [2.75, 3.05) is 6.61 Å². The topological polar surface area (TPSA) is 35.0 Å². The molecule has 0 bridgehead atoms. The van der Waals surface area contributed by atoms with Crippen LogP contribution in [-0.2, 0) is 6.42 Å². The molecule has 1 aromatic carbocycles. The number of aryl methyl sites for hydroxylation is 2. The lowest BCUT2D eigenvalue weighted by Gasteiger charge is -2.09. The van der Waals surface area contributed by atoms with Crippen molar-refractivity contribution in [1.29, 1.82) is 0 Å². The molecule has 0 atom stereocenters. The summed E-state index contributed by atoms with van der Waals surface area (Å²) in [6, 6.07) is 8.02. The molecule has 0 aliphatic heterocycles. The zero-order valence-corrected chi connectivity index (χ0v) is 12.2. The molecule has 1 aromatic heterocycles. The number of aromatic nitrogens is 2. The Balaban J connectivity index is 2.21. The molecule has 0 saturated carbocycles. The predicted molar refractivity (Wildman–Crippen MR) is 76.9 cm³/mol. The van der Waals surface area contributed by atoms with Gasteiger partial charge in [-0.1, -0.05) is 23.7 Å². The fourth-order valence-electron chi connectivity index (χ4n) is 1.97. The lowest BCUT2D eigenvalue weighted by atomic mass is 10.1. The molecule has 0 aliphatic rings. The second-order valence-corrected chi connectivity index (χ2v) is 4.74. The summed E-state index contributed by atoms with van der Waals surface area (Å²) >= 11 is 6.19. The van der Waals surface area contributed by atoms with Crippen molar-refractivity contribution in [2.45, 2.75) is 27.2 Å². The molecule has 0 saturated heterocycles. The summed E-state index contributed by atoms with van der Waals surface area (Å²) in [6.45, 7) is 6.46. The van der Waals surface area contributed by atoms with E-state index in [2.05, 4.69) is 9.97 Å². The van der Waals surface area contributed by atoms with Gasteiger partial charge in [0.15, 0.2) is 0 Å². The highest BCUT2D eigenvalue weighted by Gasteiger charge is 2.09. The van der Waals surface area contributed by atoms with Crippen molar-refractivity contribution in [2.24, 2.45) is 0 Å². The number of nitrogens with zero attached hydrogens (tertiary/aromatic N) is 2. The third kappa shape index (κ3) is 3.44. The fraction of sp³-hybridized carbons (Fsp3) is 0.333. The van der Waals surface area contributed by atoms with Gasteiger partial charge in [-0.2, -0.15) is 0 Å². The van der Waals surface area contributed by atoms with E-state index in [1.54, 1.807) is 0 Å². The first-order valence-electron chi connectivity index (χ1n) is 6.31. The highest BCUT2D eigenvalue weighted by atomic mass is 35.5. The molecule has 2 rings (SSSR count). The number of halogens is 1. The number of ether oxygens (including phenoxy) is 1. The minimum atomic E-state index is 0.541. The van der Waals surface area contributed by atoms with Crippen LogP contribution in [0.3, 0.4) is 0 Å². The molecular formula is C15H17ClN2O. The SMILES string of the molecule is CCOc1ccc(Cc2c(C)nc(C)nc2Cl)cc1. The summed E-state index contributed by atoms with van der Waals surface area (Å²) in [5.74, 6) is 1.59. The number of benzene rings is 1. The molecule has 0 radical (unpaired) electrons. The zero-order valence-electron chi connectivity index (χ0n) is 11.4. The van der Waals surface area contributed by atoms with E-state index in [-0.39, 0.29) is 0 Å². The smallest absolute Gasteiger partial charge is 0.136 e. The van der Waals surface area contributed by atoms with Crippen molar-refractivity contribution in [3.05, 3.63) is 52.1 Å². The summed E-state index contributed by atoms with van der Waals surface area (Å²) in [6.07, 6.45) is 0.733. The van der Waals surface area contributed by atoms with Crippen LogP contribution in [-0.4, -0.2) is 16.6 Å². The molecule has 1 heterocycles. The molecule has 100 valence electrons. The normalized spacial score (nSPS) is 10.5. The van der Waals surface area contributed by atoms with Crippen LogP contribution < -0.4 is 4.74 Å². The second-order valence-electron chi connectivity index (χ2n) is 4.38. The average molecular weight is 277 g/mol. The number of rotatable bonds is 4. The monoisotopic (exact) mass is 276 g/mol. The minimum absolute atomic E-state index is 0.541. The predicted octanol–water partition coefficient (Wildman–Crippen LogP) is 3.74. The number of hydrogen-bond donors (Lipinski definition) is 0. The highest BCUT2D eigenvalue weighted by molar-refractivity contribution is 6.30. The van der Waals surface area contributed by atoms with Gasteiger partial charge in [0.2, 0.25) is 0 Å². The van der Waals surface area contributed by atoms with E-state index in [9.17, 15) is 0 Å². The Bertz CT molecular complexity index is 544. The molecule has 0 fully saturated rings.